The minimum absolute atomic E-state index is 0.117. The predicted octanol–water partition coefficient (Wildman–Crippen LogP) is 1.60. The third kappa shape index (κ3) is 3.60. The maximum Gasteiger partial charge on any atom is 0.357 e. The Morgan fingerprint density at radius 2 is 2.40 bits per heavy atom. The molecule has 1 atom stereocenters. The van der Waals surface area contributed by atoms with E-state index in [1.165, 1.54) is 11.3 Å². The molecule has 0 bridgehead atoms. The van der Waals surface area contributed by atoms with Crippen molar-refractivity contribution in [2.45, 2.75) is 32.7 Å². The van der Waals surface area contributed by atoms with Crippen LogP contribution in [-0.2, 0) is 11.2 Å². The number of esters is 1. The molecule has 0 aliphatic heterocycles. The number of carbonyl (C=O) groups excluding carboxylic acids is 1. The van der Waals surface area contributed by atoms with Gasteiger partial charge >= 0.3 is 5.97 Å². The Morgan fingerprint density at radius 1 is 1.67 bits per heavy atom. The molecule has 4 nitrogen and oxygen atoms in total. The number of hydrogen-bond donors (Lipinski definition) is 1. The Morgan fingerprint density at radius 3 is 3.00 bits per heavy atom. The van der Waals surface area contributed by atoms with Crippen LogP contribution in [0.4, 0.5) is 0 Å². The molecule has 0 aliphatic rings. The van der Waals surface area contributed by atoms with Crippen LogP contribution in [-0.4, -0.2) is 23.6 Å². The van der Waals surface area contributed by atoms with E-state index in [9.17, 15) is 4.79 Å². The van der Waals surface area contributed by atoms with Crippen LogP contribution >= 0.6 is 11.3 Å². The molecule has 1 aromatic heterocycles. The van der Waals surface area contributed by atoms with Crippen LogP contribution < -0.4 is 5.73 Å². The highest BCUT2D eigenvalue weighted by Gasteiger charge is 2.12. The summed E-state index contributed by atoms with van der Waals surface area (Å²) in [5.41, 5.74) is 6.19. The summed E-state index contributed by atoms with van der Waals surface area (Å²) in [5, 5.41) is 2.61. The van der Waals surface area contributed by atoms with Gasteiger partial charge in [0.15, 0.2) is 5.69 Å². The third-order valence-electron chi connectivity index (χ3n) is 2.00. The van der Waals surface area contributed by atoms with Gasteiger partial charge in [0.1, 0.15) is 0 Å². The number of nitrogens with two attached hydrogens (primary N) is 1. The highest BCUT2D eigenvalue weighted by atomic mass is 32.1. The lowest BCUT2D eigenvalue weighted by atomic mass is 10.2. The van der Waals surface area contributed by atoms with Gasteiger partial charge in [-0.3, -0.25) is 0 Å². The fourth-order valence-corrected chi connectivity index (χ4v) is 1.93. The van der Waals surface area contributed by atoms with E-state index < -0.39 is 0 Å². The van der Waals surface area contributed by atoms with Gasteiger partial charge in [-0.05, 0) is 13.3 Å². The maximum absolute atomic E-state index is 11.3. The van der Waals surface area contributed by atoms with Crippen LogP contribution in [0.1, 0.15) is 35.8 Å². The molecule has 0 spiro atoms. The molecule has 0 saturated carbocycles. The quantitative estimate of drug-likeness (QED) is 0.777. The number of rotatable bonds is 5. The zero-order valence-electron chi connectivity index (χ0n) is 9.03. The van der Waals surface area contributed by atoms with Crippen LogP contribution in [0.2, 0.25) is 0 Å². The third-order valence-corrected chi connectivity index (χ3v) is 2.87. The van der Waals surface area contributed by atoms with Gasteiger partial charge in [0.2, 0.25) is 0 Å². The van der Waals surface area contributed by atoms with Crippen molar-refractivity contribution in [3.8, 4) is 0 Å². The summed E-state index contributed by atoms with van der Waals surface area (Å²) < 4.78 is 4.85. The van der Waals surface area contributed by atoms with E-state index in [0.29, 0.717) is 12.3 Å². The summed E-state index contributed by atoms with van der Waals surface area (Å²) in [5.74, 6) is -0.356. The van der Waals surface area contributed by atoms with Crippen molar-refractivity contribution in [3.63, 3.8) is 0 Å². The lowest BCUT2D eigenvalue weighted by Crippen LogP contribution is -2.21. The van der Waals surface area contributed by atoms with E-state index in [0.717, 1.165) is 17.8 Å². The fourth-order valence-electron chi connectivity index (χ4n) is 1.07. The van der Waals surface area contributed by atoms with Gasteiger partial charge in [-0.1, -0.05) is 6.92 Å². The van der Waals surface area contributed by atoms with Crippen LogP contribution in [0.5, 0.6) is 0 Å². The van der Waals surface area contributed by atoms with Gasteiger partial charge in [0, 0.05) is 17.8 Å². The largest absolute Gasteiger partial charge is 0.461 e. The molecule has 0 fully saturated rings. The van der Waals surface area contributed by atoms with E-state index in [1.807, 2.05) is 6.92 Å². The molecule has 1 rings (SSSR count). The molecular weight excluding hydrogens is 212 g/mol. The second kappa shape index (κ2) is 5.82. The van der Waals surface area contributed by atoms with Crippen molar-refractivity contribution in [1.82, 2.24) is 4.98 Å². The molecule has 0 aromatic carbocycles. The highest BCUT2D eigenvalue weighted by Crippen LogP contribution is 2.13. The van der Waals surface area contributed by atoms with Crippen molar-refractivity contribution >= 4 is 17.3 Å². The Bertz CT molecular complexity index is 325. The van der Waals surface area contributed by atoms with Crippen LogP contribution in [0, 0.1) is 0 Å². The van der Waals surface area contributed by atoms with Gasteiger partial charge in [-0.25, -0.2) is 9.78 Å². The first-order valence-corrected chi connectivity index (χ1v) is 5.92. The van der Waals surface area contributed by atoms with Crippen molar-refractivity contribution in [2.24, 2.45) is 5.73 Å². The summed E-state index contributed by atoms with van der Waals surface area (Å²) in [6, 6.07) is 0.117. The molecule has 0 saturated heterocycles. The number of nitrogens with zero attached hydrogens (tertiary/aromatic N) is 1. The number of carbonyl (C=O) groups is 1. The smallest absolute Gasteiger partial charge is 0.357 e. The summed E-state index contributed by atoms with van der Waals surface area (Å²) in [7, 11) is 0. The minimum atomic E-state index is -0.356. The molecule has 0 aliphatic carbocycles. The molecule has 2 N–H and O–H groups in total. The van der Waals surface area contributed by atoms with E-state index in [1.54, 1.807) is 12.3 Å². The fraction of sp³-hybridized carbons (Fsp3) is 0.600. The molecule has 5 heteroatoms. The Balaban J connectivity index is 2.59. The van der Waals surface area contributed by atoms with Crippen LogP contribution in [0.15, 0.2) is 5.38 Å². The Hall–Kier alpha value is -0.940. The number of hydrogen-bond acceptors (Lipinski definition) is 5. The zero-order chi connectivity index (χ0) is 11.3. The van der Waals surface area contributed by atoms with E-state index in [4.69, 9.17) is 10.5 Å². The number of thiazole rings is 1. The lowest BCUT2D eigenvalue weighted by molar-refractivity contribution is 0.0520. The highest BCUT2D eigenvalue weighted by molar-refractivity contribution is 7.09. The first-order valence-electron chi connectivity index (χ1n) is 5.04. The molecule has 84 valence electrons. The van der Waals surface area contributed by atoms with Crippen LogP contribution in [0.3, 0.4) is 0 Å². The molecule has 1 unspecified atom stereocenters. The average molecular weight is 228 g/mol. The average Bonchev–Trinajstić information content (AvgIpc) is 2.66. The van der Waals surface area contributed by atoms with Crippen molar-refractivity contribution in [1.29, 1.82) is 0 Å². The molecule has 15 heavy (non-hydrogen) atoms. The molecule has 1 aromatic rings. The monoisotopic (exact) mass is 228 g/mol. The van der Waals surface area contributed by atoms with Gasteiger partial charge < -0.3 is 10.5 Å². The lowest BCUT2D eigenvalue weighted by Gasteiger charge is -2.04. The van der Waals surface area contributed by atoms with Gasteiger partial charge in [0.25, 0.3) is 0 Å². The predicted molar refractivity (Wildman–Crippen MR) is 60.0 cm³/mol. The molecule has 1 heterocycles. The molecule has 0 amide bonds. The SMILES string of the molecule is CCOC(=O)c1csc(CC(N)CC)n1. The second-order valence-electron chi connectivity index (χ2n) is 3.22. The van der Waals surface area contributed by atoms with Crippen molar-refractivity contribution < 1.29 is 9.53 Å². The zero-order valence-corrected chi connectivity index (χ0v) is 9.84. The van der Waals surface area contributed by atoms with Crippen molar-refractivity contribution in [3.05, 3.63) is 16.1 Å². The Kier molecular flexibility index (Phi) is 4.71. The minimum Gasteiger partial charge on any atom is -0.461 e. The van der Waals surface area contributed by atoms with E-state index in [-0.39, 0.29) is 12.0 Å². The molecular formula is C10H16N2O2S. The van der Waals surface area contributed by atoms with Gasteiger partial charge in [-0.15, -0.1) is 11.3 Å². The summed E-state index contributed by atoms with van der Waals surface area (Å²) in [6.45, 7) is 4.18. The summed E-state index contributed by atoms with van der Waals surface area (Å²) >= 11 is 1.46. The van der Waals surface area contributed by atoms with E-state index in [2.05, 4.69) is 4.98 Å². The standard InChI is InChI=1S/C10H16N2O2S/c1-3-7(11)5-9-12-8(6-15-9)10(13)14-4-2/h6-7H,3-5,11H2,1-2H3. The Labute approximate surface area is 93.5 Å². The first kappa shape index (κ1) is 12.1. The number of aromatic nitrogens is 1. The van der Waals surface area contributed by atoms with Gasteiger partial charge in [0.05, 0.1) is 11.6 Å². The summed E-state index contributed by atoms with van der Waals surface area (Å²) in [4.78, 5) is 15.5. The summed E-state index contributed by atoms with van der Waals surface area (Å²) in [6.07, 6.45) is 1.63. The van der Waals surface area contributed by atoms with E-state index >= 15 is 0 Å². The number of ether oxygens (including phenoxy) is 1. The van der Waals surface area contributed by atoms with Crippen molar-refractivity contribution in [2.75, 3.05) is 6.61 Å². The topological polar surface area (TPSA) is 65.2 Å². The second-order valence-corrected chi connectivity index (χ2v) is 4.16. The van der Waals surface area contributed by atoms with Gasteiger partial charge in [-0.2, -0.15) is 0 Å². The van der Waals surface area contributed by atoms with Crippen LogP contribution in [0.25, 0.3) is 0 Å². The first-order chi connectivity index (χ1) is 7.17. The normalized spacial score (nSPS) is 12.5. The molecule has 0 radical (unpaired) electrons. The maximum atomic E-state index is 11.3.